The molecule has 6 heteroatoms. The third kappa shape index (κ3) is 4.06. The highest BCUT2D eigenvalue weighted by molar-refractivity contribution is 5.70. The fourth-order valence-corrected chi connectivity index (χ4v) is 3.49. The molecule has 1 saturated heterocycles. The van der Waals surface area contributed by atoms with Crippen LogP contribution in [-0.2, 0) is 16.1 Å². The van der Waals surface area contributed by atoms with Crippen molar-refractivity contribution in [1.82, 2.24) is 9.80 Å². The summed E-state index contributed by atoms with van der Waals surface area (Å²) >= 11 is 0. The molecule has 1 saturated carbocycles. The Hall–Kier alpha value is -2.24. The number of nitrogens with zero attached hydrogens (tertiary/aromatic N) is 2. The van der Waals surface area contributed by atoms with Crippen LogP contribution in [0, 0.1) is 11.8 Å². The van der Waals surface area contributed by atoms with Gasteiger partial charge in [0.2, 0.25) is 0 Å². The summed E-state index contributed by atoms with van der Waals surface area (Å²) in [5.41, 5.74) is 0.484. The Balaban J connectivity index is 1.45. The quantitative estimate of drug-likeness (QED) is 0.844. The first-order valence-electron chi connectivity index (χ1n) is 8.68. The standard InChI is InChI=1S/C19H26N2O4/c1-19(2,3)25-18(23)21-10-14-15(11-21)16(14)20(4)17(22)24-12-13-8-6-5-7-9-13/h5-9,14-16H,10-12H2,1-4H3/t14-,15?,16?/m0/s1. The molecule has 25 heavy (non-hydrogen) atoms. The van der Waals surface area contributed by atoms with E-state index in [-0.39, 0.29) is 24.8 Å². The number of hydrogen-bond acceptors (Lipinski definition) is 4. The average molecular weight is 346 g/mol. The van der Waals surface area contributed by atoms with Crippen molar-refractivity contribution in [2.24, 2.45) is 11.8 Å². The molecule has 1 aliphatic heterocycles. The molecular weight excluding hydrogens is 320 g/mol. The van der Waals surface area contributed by atoms with Gasteiger partial charge in [0.05, 0.1) is 0 Å². The molecule has 2 aliphatic rings. The van der Waals surface area contributed by atoms with Gasteiger partial charge in [0, 0.05) is 38.0 Å². The van der Waals surface area contributed by atoms with Crippen LogP contribution in [0.15, 0.2) is 30.3 Å². The number of ether oxygens (including phenoxy) is 2. The van der Waals surface area contributed by atoms with Crippen LogP contribution in [0.4, 0.5) is 9.59 Å². The number of amides is 2. The van der Waals surface area contributed by atoms with Crippen molar-refractivity contribution in [1.29, 1.82) is 0 Å². The van der Waals surface area contributed by atoms with E-state index >= 15 is 0 Å². The van der Waals surface area contributed by atoms with Crippen molar-refractivity contribution in [3.8, 4) is 0 Å². The lowest BCUT2D eigenvalue weighted by Crippen LogP contribution is -2.40. The van der Waals surface area contributed by atoms with Crippen molar-refractivity contribution < 1.29 is 19.1 Å². The summed E-state index contributed by atoms with van der Waals surface area (Å²) in [4.78, 5) is 27.7. The topological polar surface area (TPSA) is 59.1 Å². The highest BCUT2D eigenvalue weighted by Gasteiger charge is 2.60. The first-order chi connectivity index (χ1) is 11.8. The number of fused-ring (bicyclic) bond motifs is 1. The van der Waals surface area contributed by atoms with Crippen LogP contribution in [-0.4, -0.2) is 53.8 Å². The molecule has 2 unspecified atom stereocenters. The van der Waals surface area contributed by atoms with E-state index < -0.39 is 5.60 Å². The fourth-order valence-electron chi connectivity index (χ4n) is 3.49. The molecule has 3 atom stereocenters. The third-order valence-electron chi connectivity index (χ3n) is 4.74. The molecule has 2 amide bonds. The summed E-state index contributed by atoms with van der Waals surface area (Å²) in [6.45, 7) is 7.14. The Kier molecular flexibility index (Phi) is 4.62. The summed E-state index contributed by atoms with van der Waals surface area (Å²) in [5.74, 6) is 0.642. The van der Waals surface area contributed by atoms with Crippen LogP contribution in [0.5, 0.6) is 0 Å². The number of likely N-dealkylation sites (tertiary alicyclic amines) is 1. The van der Waals surface area contributed by atoms with Gasteiger partial charge in [0.25, 0.3) is 0 Å². The Labute approximate surface area is 148 Å². The summed E-state index contributed by atoms with van der Waals surface area (Å²) < 4.78 is 10.8. The molecule has 3 rings (SSSR count). The molecule has 0 spiro atoms. The number of hydrogen-bond donors (Lipinski definition) is 0. The van der Waals surface area contributed by atoms with E-state index in [1.54, 1.807) is 16.8 Å². The molecule has 136 valence electrons. The monoisotopic (exact) mass is 346 g/mol. The number of carbonyl (C=O) groups excluding carboxylic acids is 2. The van der Waals surface area contributed by atoms with Gasteiger partial charge in [0.1, 0.15) is 12.2 Å². The molecule has 6 nitrogen and oxygen atoms in total. The van der Waals surface area contributed by atoms with E-state index in [0.29, 0.717) is 24.9 Å². The largest absolute Gasteiger partial charge is 0.445 e. The molecule has 1 aromatic rings. The summed E-state index contributed by atoms with van der Waals surface area (Å²) in [6.07, 6.45) is -0.583. The van der Waals surface area contributed by atoms with Gasteiger partial charge in [-0.2, -0.15) is 0 Å². The zero-order valence-electron chi connectivity index (χ0n) is 15.3. The lowest BCUT2D eigenvalue weighted by atomic mass is 10.2. The molecule has 1 aliphatic carbocycles. The zero-order valence-corrected chi connectivity index (χ0v) is 15.3. The maximum absolute atomic E-state index is 12.2. The van der Waals surface area contributed by atoms with E-state index in [0.717, 1.165) is 5.56 Å². The van der Waals surface area contributed by atoms with Crippen LogP contribution in [0.1, 0.15) is 26.3 Å². The molecule has 2 fully saturated rings. The van der Waals surface area contributed by atoms with E-state index in [1.807, 2.05) is 51.1 Å². The van der Waals surface area contributed by atoms with Crippen molar-refractivity contribution >= 4 is 12.2 Å². The second-order valence-electron chi connectivity index (χ2n) is 7.85. The number of carbonyl (C=O) groups is 2. The minimum Gasteiger partial charge on any atom is -0.445 e. The maximum atomic E-state index is 12.2. The van der Waals surface area contributed by atoms with Crippen LogP contribution < -0.4 is 0 Å². The first-order valence-corrected chi connectivity index (χ1v) is 8.68. The molecule has 0 bridgehead atoms. The predicted molar refractivity (Wildman–Crippen MR) is 93.0 cm³/mol. The van der Waals surface area contributed by atoms with Crippen molar-refractivity contribution in [3.63, 3.8) is 0 Å². The van der Waals surface area contributed by atoms with Gasteiger partial charge in [-0.1, -0.05) is 30.3 Å². The fraction of sp³-hybridized carbons (Fsp3) is 0.579. The van der Waals surface area contributed by atoms with Gasteiger partial charge < -0.3 is 19.3 Å². The Morgan fingerprint density at radius 3 is 2.32 bits per heavy atom. The van der Waals surface area contributed by atoms with Crippen LogP contribution in [0.25, 0.3) is 0 Å². The van der Waals surface area contributed by atoms with Crippen molar-refractivity contribution in [2.75, 3.05) is 20.1 Å². The normalized spacial score (nSPS) is 24.5. The molecule has 0 aromatic heterocycles. The first kappa shape index (κ1) is 17.6. The van der Waals surface area contributed by atoms with Crippen LogP contribution in [0.3, 0.4) is 0 Å². The van der Waals surface area contributed by atoms with Crippen molar-refractivity contribution in [3.05, 3.63) is 35.9 Å². The number of rotatable bonds is 3. The van der Waals surface area contributed by atoms with Crippen molar-refractivity contribution in [2.45, 2.75) is 39.0 Å². The summed E-state index contributed by atoms with van der Waals surface area (Å²) in [7, 11) is 1.77. The Morgan fingerprint density at radius 2 is 1.76 bits per heavy atom. The summed E-state index contributed by atoms with van der Waals surface area (Å²) in [5, 5.41) is 0. The minimum absolute atomic E-state index is 0.155. The Bertz CT molecular complexity index is 629. The van der Waals surface area contributed by atoms with Gasteiger partial charge in [-0.05, 0) is 26.3 Å². The lowest BCUT2D eigenvalue weighted by molar-refractivity contribution is 0.0258. The van der Waals surface area contributed by atoms with Gasteiger partial charge in [0.15, 0.2) is 0 Å². The van der Waals surface area contributed by atoms with Gasteiger partial charge >= 0.3 is 12.2 Å². The van der Waals surface area contributed by atoms with Gasteiger partial charge in [-0.3, -0.25) is 0 Å². The predicted octanol–water partition coefficient (Wildman–Crippen LogP) is 3.12. The minimum atomic E-state index is -0.485. The zero-order chi connectivity index (χ0) is 18.2. The number of piperidine rings is 1. The highest BCUT2D eigenvalue weighted by Crippen LogP contribution is 2.48. The van der Waals surface area contributed by atoms with E-state index in [1.165, 1.54) is 0 Å². The highest BCUT2D eigenvalue weighted by atomic mass is 16.6. The number of benzene rings is 1. The second-order valence-corrected chi connectivity index (χ2v) is 7.85. The smallest absolute Gasteiger partial charge is 0.410 e. The van der Waals surface area contributed by atoms with Gasteiger partial charge in [-0.25, -0.2) is 9.59 Å². The SMILES string of the molecule is CN(C(=O)OCc1ccccc1)C1C2CN(C(=O)OC(C)(C)C)C[C@@H]21. The molecule has 0 radical (unpaired) electrons. The van der Waals surface area contributed by atoms with E-state index in [4.69, 9.17) is 9.47 Å². The molecule has 1 aromatic carbocycles. The van der Waals surface area contributed by atoms with Crippen LogP contribution >= 0.6 is 0 Å². The average Bonchev–Trinajstić information content (AvgIpc) is 3.04. The van der Waals surface area contributed by atoms with E-state index in [9.17, 15) is 9.59 Å². The lowest BCUT2D eigenvalue weighted by Gasteiger charge is -2.27. The molecular formula is C19H26N2O4. The maximum Gasteiger partial charge on any atom is 0.410 e. The van der Waals surface area contributed by atoms with Crippen LogP contribution in [0.2, 0.25) is 0 Å². The molecule has 1 heterocycles. The molecule has 0 N–H and O–H groups in total. The Morgan fingerprint density at radius 1 is 1.16 bits per heavy atom. The van der Waals surface area contributed by atoms with Gasteiger partial charge in [-0.15, -0.1) is 0 Å². The van der Waals surface area contributed by atoms with E-state index in [2.05, 4.69) is 0 Å². The second kappa shape index (κ2) is 6.58. The third-order valence-corrected chi connectivity index (χ3v) is 4.74. The summed E-state index contributed by atoms with van der Waals surface area (Å²) in [6, 6.07) is 9.78.